The van der Waals surface area contributed by atoms with Crippen LogP contribution < -0.4 is 5.32 Å². The van der Waals surface area contributed by atoms with Gasteiger partial charge in [0.2, 0.25) is 0 Å². The van der Waals surface area contributed by atoms with E-state index in [0.717, 1.165) is 13.1 Å². The number of aliphatic hydroxyl groups excluding tert-OH is 1. The highest BCUT2D eigenvalue weighted by atomic mass is 16.3. The third-order valence-electron chi connectivity index (χ3n) is 2.64. The zero-order valence-corrected chi connectivity index (χ0v) is 10.8. The van der Waals surface area contributed by atoms with Gasteiger partial charge in [-0.3, -0.25) is 0 Å². The molecule has 1 aromatic rings. The van der Waals surface area contributed by atoms with E-state index in [0.29, 0.717) is 0 Å². The first-order valence-electron chi connectivity index (χ1n) is 5.82. The van der Waals surface area contributed by atoms with Gasteiger partial charge in [-0.1, -0.05) is 43.2 Å². The first kappa shape index (κ1) is 13.2. The molecule has 0 bridgehead atoms. The molecule has 0 spiro atoms. The molecule has 2 heteroatoms. The Kier molecular flexibility index (Phi) is 4.51. The van der Waals surface area contributed by atoms with Crippen LogP contribution in [0.2, 0.25) is 0 Å². The van der Waals surface area contributed by atoms with Gasteiger partial charge in [-0.05, 0) is 19.4 Å². The molecule has 0 aliphatic heterocycles. The second kappa shape index (κ2) is 5.46. The third-order valence-corrected chi connectivity index (χ3v) is 2.64. The topological polar surface area (TPSA) is 32.3 Å². The number of nitrogens with one attached hydrogen (secondary N) is 1. The van der Waals surface area contributed by atoms with E-state index in [4.69, 9.17) is 5.11 Å². The predicted molar refractivity (Wildman–Crippen MR) is 68.5 cm³/mol. The summed E-state index contributed by atoms with van der Waals surface area (Å²) in [4.78, 5) is 0. The van der Waals surface area contributed by atoms with E-state index >= 15 is 0 Å². The van der Waals surface area contributed by atoms with Gasteiger partial charge in [0.25, 0.3) is 0 Å². The lowest BCUT2D eigenvalue weighted by Gasteiger charge is -2.22. The fourth-order valence-corrected chi connectivity index (χ4v) is 1.77. The number of aryl methyl sites for hydroxylation is 2. The second-order valence-corrected chi connectivity index (χ2v) is 5.42. The summed E-state index contributed by atoms with van der Waals surface area (Å²) in [6.45, 7) is 10.3. The number of rotatable bonds is 5. The van der Waals surface area contributed by atoms with Crippen molar-refractivity contribution in [1.82, 2.24) is 5.32 Å². The van der Waals surface area contributed by atoms with Crippen LogP contribution in [0.4, 0.5) is 0 Å². The summed E-state index contributed by atoms with van der Waals surface area (Å²) >= 11 is 0. The molecular weight excluding hydrogens is 198 g/mol. The third kappa shape index (κ3) is 4.33. The average Bonchev–Trinajstić information content (AvgIpc) is 2.16. The fraction of sp³-hybridized carbons (Fsp3) is 0.571. The van der Waals surface area contributed by atoms with Crippen molar-refractivity contribution in [3.05, 3.63) is 34.9 Å². The van der Waals surface area contributed by atoms with Gasteiger partial charge in [-0.15, -0.1) is 0 Å². The highest BCUT2D eigenvalue weighted by Crippen LogP contribution is 2.12. The summed E-state index contributed by atoms with van der Waals surface area (Å²) < 4.78 is 0. The fourth-order valence-electron chi connectivity index (χ4n) is 1.77. The molecule has 0 aromatic heterocycles. The minimum absolute atomic E-state index is 0.0428. The van der Waals surface area contributed by atoms with Gasteiger partial charge in [0, 0.05) is 25.1 Å². The molecule has 0 amide bonds. The average molecular weight is 221 g/mol. The smallest absolute Gasteiger partial charge is 0.0494 e. The molecule has 2 N–H and O–H groups in total. The standard InChI is InChI=1S/C14H23NO/c1-11-5-12(2)7-13(6-11)8-15-9-14(3,4)10-16/h5-7,15-16H,8-10H2,1-4H3. The molecule has 0 unspecified atom stereocenters. The molecule has 1 rings (SSSR count). The Hall–Kier alpha value is -0.860. The molecule has 0 radical (unpaired) electrons. The first-order chi connectivity index (χ1) is 7.43. The van der Waals surface area contributed by atoms with Crippen molar-refractivity contribution in [2.45, 2.75) is 34.2 Å². The largest absolute Gasteiger partial charge is 0.396 e. The molecule has 90 valence electrons. The lowest BCUT2D eigenvalue weighted by Crippen LogP contribution is -2.31. The molecular formula is C14H23NO. The summed E-state index contributed by atoms with van der Waals surface area (Å²) in [7, 11) is 0. The first-order valence-corrected chi connectivity index (χ1v) is 5.82. The maximum Gasteiger partial charge on any atom is 0.0494 e. The lowest BCUT2D eigenvalue weighted by atomic mass is 9.95. The Labute approximate surface area is 98.7 Å². The van der Waals surface area contributed by atoms with Gasteiger partial charge >= 0.3 is 0 Å². The summed E-state index contributed by atoms with van der Waals surface area (Å²) in [5.74, 6) is 0. The van der Waals surface area contributed by atoms with E-state index < -0.39 is 0 Å². The van der Waals surface area contributed by atoms with Crippen LogP contribution in [0.25, 0.3) is 0 Å². The van der Waals surface area contributed by atoms with Crippen LogP contribution >= 0.6 is 0 Å². The van der Waals surface area contributed by atoms with Gasteiger partial charge in [-0.2, -0.15) is 0 Å². The molecule has 0 atom stereocenters. The summed E-state index contributed by atoms with van der Waals surface area (Å²) in [5.41, 5.74) is 3.88. The van der Waals surface area contributed by atoms with Crippen LogP contribution in [0.1, 0.15) is 30.5 Å². The van der Waals surface area contributed by atoms with Crippen LogP contribution in [0.15, 0.2) is 18.2 Å². The van der Waals surface area contributed by atoms with E-state index in [1.165, 1.54) is 16.7 Å². The van der Waals surface area contributed by atoms with Crippen LogP contribution in [-0.4, -0.2) is 18.3 Å². The van der Waals surface area contributed by atoms with E-state index in [9.17, 15) is 0 Å². The van der Waals surface area contributed by atoms with Crippen molar-refractivity contribution >= 4 is 0 Å². The van der Waals surface area contributed by atoms with E-state index in [2.05, 4.69) is 51.2 Å². The quantitative estimate of drug-likeness (QED) is 0.800. The molecule has 0 saturated heterocycles. The van der Waals surface area contributed by atoms with Crippen LogP contribution in [0, 0.1) is 19.3 Å². The zero-order valence-electron chi connectivity index (χ0n) is 10.8. The maximum absolute atomic E-state index is 9.14. The predicted octanol–water partition coefficient (Wildman–Crippen LogP) is 2.41. The van der Waals surface area contributed by atoms with Crippen LogP contribution in [-0.2, 0) is 6.54 Å². The second-order valence-electron chi connectivity index (χ2n) is 5.42. The number of hydrogen-bond acceptors (Lipinski definition) is 2. The van der Waals surface area contributed by atoms with E-state index in [-0.39, 0.29) is 12.0 Å². The monoisotopic (exact) mass is 221 g/mol. The summed E-state index contributed by atoms with van der Waals surface area (Å²) in [6.07, 6.45) is 0. The number of aliphatic hydroxyl groups is 1. The van der Waals surface area contributed by atoms with Gasteiger partial charge in [-0.25, -0.2) is 0 Å². The zero-order chi connectivity index (χ0) is 12.2. The van der Waals surface area contributed by atoms with Crippen molar-refractivity contribution in [2.24, 2.45) is 5.41 Å². The Morgan fingerprint density at radius 3 is 2.19 bits per heavy atom. The van der Waals surface area contributed by atoms with E-state index in [1.54, 1.807) is 0 Å². The molecule has 0 aliphatic rings. The van der Waals surface area contributed by atoms with Gasteiger partial charge in [0.15, 0.2) is 0 Å². The molecule has 0 saturated carbocycles. The highest BCUT2D eigenvalue weighted by molar-refractivity contribution is 5.28. The van der Waals surface area contributed by atoms with E-state index in [1.807, 2.05) is 0 Å². The van der Waals surface area contributed by atoms with Crippen molar-refractivity contribution in [3.63, 3.8) is 0 Å². The SMILES string of the molecule is Cc1cc(C)cc(CNCC(C)(C)CO)c1. The lowest BCUT2D eigenvalue weighted by molar-refractivity contribution is 0.156. The highest BCUT2D eigenvalue weighted by Gasteiger charge is 2.15. The van der Waals surface area contributed by atoms with Crippen LogP contribution in [0.5, 0.6) is 0 Å². The van der Waals surface area contributed by atoms with Crippen LogP contribution in [0.3, 0.4) is 0 Å². The van der Waals surface area contributed by atoms with Gasteiger partial charge in [0.1, 0.15) is 0 Å². The molecule has 1 aromatic carbocycles. The summed E-state index contributed by atoms with van der Waals surface area (Å²) in [6, 6.07) is 6.58. The van der Waals surface area contributed by atoms with Crippen molar-refractivity contribution in [1.29, 1.82) is 0 Å². The molecule has 2 nitrogen and oxygen atoms in total. The van der Waals surface area contributed by atoms with Gasteiger partial charge in [0.05, 0.1) is 0 Å². The normalized spacial score (nSPS) is 11.8. The van der Waals surface area contributed by atoms with Crippen molar-refractivity contribution in [3.8, 4) is 0 Å². The Morgan fingerprint density at radius 2 is 1.69 bits per heavy atom. The minimum Gasteiger partial charge on any atom is -0.396 e. The molecule has 0 fully saturated rings. The Bertz CT molecular complexity index is 324. The molecule has 16 heavy (non-hydrogen) atoms. The molecule has 0 heterocycles. The maximum atomic E-state index is 9.14. The van der Waals surface area contributed by atoms with Gasteiger partial charge < -0.3 is 10.4 Å². The summed E-state index contributed by atoms with van der Waals surface area (Å²) in [5, 5.41) is 12.5. The minimum atomic E-state index is -0.0428. The Morgan fingerprint density at radius 1 is 1.12 bits per heavy atom. The Balaban J connectivity index is 2.49. The number of benzene rings is 1. The molecule has 0 aliphatic carbocycles. The van der Waals surface area contributed by atoms with Crippen molar-refractivity contribution < 1.29 is 5.11 Å². The van der Waals surface area contributed by atoms with Crippen molar-refractivity contribution in [2.75, 3.05) is 13.2 Å². The number of hydrogen-bond donors (Lipinski definition) is 2.